The van der Waals surface area contributed by atoms with Crippen LogP contribution in [0.2, 0.25) is 0 Å². The van der Waals surface area contributed by atoms with E-state index in [0.29, 0.717) is 6.04 Å². The maximum absolute atomic E-state index is 11.6. The summed E-state index contributed by atoms with van der Waals surface area (Å²) in [5, 5.41) is 0. The van der Waals surface area contributed by atoms with Crippen molar-refractivity contribution in [2.45, 2.75) is 39.2 Å². The molecular weight excluding hydrogens is 186 g/mol. The average Bonchev–Trinajstić information content (AvgIpc) is 2.89. The molecule has 15 heavy (non-hydrogen) atoms. The number of nitrogens with zero attached hydrogens (tertiary/aromatic N) is 1. The van der Waals surface area contributed by atoms with Gasteiger partial charge in [-0.1, -0.05) is 12.8 Å². The fourth-order valence-electron chi connectivity index (χ4n) is 3.03. The van der Waals surface area contributed by atoms with Crippen LogP contribution in [0, 0.1) is 29.6 Å². The lowest BCUT2D eigenvalue weighted by molar-refractivity contribution is -0.126. The van der Waals surface area contributed by atoms with Crippen molar-refractivity contribution >= 4 is 5.91 Å². The summed E-state index contributed by atoms with van der Waals surface area (Å²) in [6.07, 6.45) is 3.66. The van der Waals surface area contributed by atoms with E-state index in [4.69, 9.17) is 0 Å². The van der Waals surface area contributed by atoms with E-state index in [-0.39, 0.29) is 5.91 Å². The van der Waals surface area contributed by atoms with E-state index >= 15 is 0 Å². The van der Waals surface area contributed by atoms with Gasteiger partial charge in [0.15, 0.2) is 0 Å². The Labute approximate surface area is 92.0 Å². The van der Waals surface area contributed by atoms with E-state index in [9.17, 15) is 4.79 Å². The molecule has 2 saturated carbocycles. The molecule has 0 aromatic carbocycles. The molecule has 4 atom stereocenters. The van der Waals surface area contributed by atoms with Crippen LogP contribution in [0.1, 0.15) is 33.1 Å². The van der Waals surface area contributed by atoms with Gasteiger partial charge >= 0.3 is 0 Å². The summed E-state index contributed by atoms with van der Waals surface area (Å²) in [7, 11) is 1.89. The van der Waals surface area contributed by atoms with Crippen molar-refractivity contribution in [3.8, 4) is 11.8 Å². The summed E-state index contributed by atoms with van der Waals surface area (Å²) in [6, 6.07) is 0.435. The highest BCUT2D eigenvalue weighted by Gasteiger charge is 2.50. The van der Waals surface area contributed by atoms with E-state index in [0.717, 1.165) is 17.8 Å². The highest BCUT2D eigenvalue weighted by Crippen LogP contribution is 2.55. The molecular formula is C13H19NO. The van der Waals surface area contributed by atoms with Crippen molar-refractivity contribution in [1.29, 1.82) is 0 Å². The Morgan fingerprint density at radius 2 is 2.07 bits per heavy atom. The lowest BCUT2D eigenvalue weighted by atomic mass is 9.94. The predicted octanol–water partition coefficient (Wildman–Crippen LogP) is 1.90. The van der Waals surface area contributed by atoms with E-state index in [1.165, 1.54) is 19.3 Å². The van der Waals surface area contributed by atoms with Gasteiger partial charge in [0.2, 0.25) is 0 Å². The van der Waals surface area contributed by atoms with Crippen LogP contribution >= 0.6 is 0 Å². The molecule has 0 N–H and O–H groups in total. The minimum absolute atomic E-state index is 0.0192. The summed E-state index contributed by atoms with van der Waals surface area (Å²) in [5.41, 5.74) is 0. The van der Waals surface area contributed by atoms with Crippen molar-refractivity contribution < 1.29 is 4.79 Å². The highest BCUT2D eigenvalue weighted by molar-refractivity contribution is 5.93. The van der Waals surface area contributed by atoms with Gasteiger partial charge in [-0.2, -0.15) is 0 Å². The molecule has 82 valence electrons. The molecule has 0 saturated heterocycles. The number of rotatable bonds is 1. The first kappa shape index (κ1) is 10.5. The van der Waals surface area contributed by atoms with E-state index in [1.54, 1.807) is 6.92 Å². The van der Waals surface area contributed by atoms with Crippen molar-refractivity contribution in [3.63, 3.8) is 0 Å². The second kappa shape index (κ2) is 3.89. The molecule has 0 bridgehead atoms. The van der Waals surface area contributed by atoms with E-state index in [1.807, 2.05) is 11.9 Å². The van der Waals surface area contributed by atoms with Crippen LogP contribution in [-0.2, 0) is 4.79 Å². The third-order valence-corrected chi connectivity index (χ3v) is 4.24. The van der Waals surface area contributed by atoms with Crippen LogP contribution in [0.15, 0.2) is 0 Å². The standard InChI is InChI=1S/C13H19NO/c1-4-5-13(15)14(3)10-6-7-11-9(2)12(11)8-10/h9-12H,6-8H2,1-3H3/t9-,10?,11?,12?/m0/s1. The van der Waals surface area contributed by atoms with Crippen LogP contribution in [0.4, 0.5) is 0 Å². The number of fused-ring (bicyclic) bond motifs is 1. The van der Waals surface area contributed by atoms with Gasteiger partial charge in [0.1, 0.15) is 0 Å². The van der Waals surface area contributed by atoms with Crippen molar-refractivity contribution in [1.82, 2.24) is 4.90 Å². The van der Waals surface area contributed by atoms with Crippen LogP contribution in [0.5, 0.6) is 0 Å². The largest absolute Gasteiger partial charge is 0.332 e. The zero-order valence-electron chi connectivity index (χ0n) is 9.79. The molecule has 2 heteroatoms. The normalized spacial score (nSPS) is 37.3. The summed E-state index contributed by atoms with van der Waals surface area (Å²) in [6.45, 7) is 4.05. The maximum atomic E-state index is 11.6. The molecule has 0 heterocycles. The van der Waals surface area contributed by atoms with Gasteiger partial charge in [-0.3, -0.25) is 4.79 Å². The van der Waals surface area contributed by atoms with Gasteiger partial charge in [-0.05, 0) is 49.9 Å². The predicted molar refractivity (Wildman–Crippen MR) is 60.0 cm³/mol. The summed E-state index contributed by atoms with van der Waals surface area (Å²) in [5.74, 6) is 8.02. The van der Waals surface area contributed by atoms with Gasteiger partial charge in [0.05, 0.1) is 0 Å². The fraction of sp³-hybridized carbons (Fsp3) is 0.769. The molecule has 0 spiro atoms. The zero-order valence-corrected chi connectivity index (χ0v) is 9.79. The van der Waals surface area contributed by atoms with Crippen LogP contribution in [-0.4, -0.2) is 23.9 Å². The monoisotopic (exact) mass is 205 g/mol. The van der Waals surface area contributed by atoms with Gasteiger partial charge < -0.3 is 4.90 Å². The summed E-state index contributed by atoms with van der Waals surface area (Å²) in [4.78, 5) is 13.4. The van der Waals surface area contributed by atoms with E-state index in [2.05, 4.69) is 18.8 Å². The van der Waals surface area contributed by atoms with Gasteiger partial charge in [-0.15, -0.1) is 0 Å². The minimum Gasteiger partial charge on any atom is -0.332 e. The second-order valence-corrected chi connectivity index (χ2v) is 4.94. The number of carbonyl (C=O) groups is 1. The molecule has 0 radical (unpaired) electrons. The Morgan fingerprint density at radius 1 is 1.33 bits per heavy atom. The molecule has 2 aliphatic rings. The van der Waals surface area contributed by atoms with Crippen molar-refractivity contribution in [3.05, 3.63) is 0 Å². The summed E-state index contributed by atoms with van der Waals surface area (Å²) >= 11 is 0. The molecule has 0 aliphatic heterocycles. The van der Waals surface area contributed by atoms with Gasteiger partial charge in [-0.25, -0.2) is 0 Å². The molecule has 3 unspecified atom stereocenters. The smallest absolute Gasteiger partial charge is 0.298 e. The zero-order chi connectivity index (χ0) is 11.0. The maximum Gasteiger partial charge on any atom is 0.298 e. The lowest BCUT2D eigenvalue weighted by Gasteiger charge is -2.29. The first-order chi connectivity index (χ1) is 7.15. The Kier molecular flexibility index (Phi) is 2.73. The number of hydrogen-bond donors (Lipinski definition) is 0. The Hall–Kier alpha value is -0.970. The van der Waals surface area contributed by atoms with Gasteiger partial charge in [0, 0.05) is 13.1 Å². The van der Waals surface area contributed by atoms with Gasteiger partial charge in [0.25, 0.3) is 5.91 Å². The lowest BCUT2D eigenvalue weighted by Crippen LogP contribution is -2.38. The first-order valence-electron chi connectivity index (χ1n) is 5.84. The third-order valence-electron chi connectivity index (χ3n) is 4.24. The first-order valence-corrected chi connectivity index (χ1v) is 5.84. The quantitative estimate of drug-likeness (QED) is 0.599. The third kappa shape index (κ3) is 1.88. The molecule has 0 aromatic heterocycles. The topological polar surface area (TPSA) is 20.3 Å². The van der Waals surface area contributed by atoms with Crippen molar-refractivity contribution in [2.24, 2.45) is 17.8 Å². The SMILES string of the molecule is CC#CC(=O)N(C)C1CCC2C(C1)[C@H]2C. The Bertz CT molecular complexity index is 325. The van der Waals surface area contributed by atoms with Crippen molar-refractivity contribution in [2.75, 3.05) is 7.05 Å². The average molecular weight is 205 g/mol. The number of carbonyl (C=O) groups excluding carboxylic acids is 1. The highest BCUT2D eigenvalue weighted by atomic mass is 16.2. The molecule has 2 fully saturated rings. The fourth-order valence-corrected chi connectivity index (χ4v) is 3.03. The number of amides is 1. The summed E-state index contributed by atoms with van der Waals surface area (Å²) < 4.78 is 0. The molecule has 1 amide bonds. The van der Waals surface area contributed by atoms with E-state index < -0.39 is 0 Å². The Balaban J connectivity index is 1.93. The van der Waals surface area contributed by atoms with Crippen LogP contribution < -0.4 is 0 Å². The Morgan fingerprint density at radius 3 is 2.67 bits per heavy atom. The van der Waals surface area contributed by atoms with Crippen LogP contribution in [0.25, 0.3) is 0 Å². The number of hydrogen-bond acceptors (Lipinski definition) is 1. The van der Waals surface area contributed by atoms with Crippen LogP contribution in [0.3, 0.4) is 0 Å². The molecule has 2 aliphatic carbocycles. The minimum atomic E-state index is -0.0192. The molecule has 2 nitrogen and oxygen atoms in total. The second-order valence-electron chi connectivity index (χ2n) is 4.94. The molecule has 0 aromatic rings. The molecule has 2 rings (SSSR count).